The number of fused-ring (bicyclic) bond motifs is 1. The largest absolute Gasteiger partial charge is 0.489 e. The highest BCUT2D eigenvalue weighted by Crippen LogP contribution is 2.25. The number of amides is 2. The molecular weight excluding hydrogens is 459 g/mol. The zero-order valence-corrected chi connectivity index (χ0v) is 19.5. The third kappa shape index (κ3) is 5.30. The van der Waals surface area contributed by atoms with E-state index in [1.807, 2.05) is 48.5 Å². The maximum Gasteiger partial charge on any atom is 0.290 e. The molecule has 0 fully saturated rings. The lowest BCUT2D eigenvalue weighted by Crippen LogP contribution is -2.52. The lowest BCUT2D eigenvalue weighted by molar-refractivity contribution is -0.126. The number of carbonyl (C=O) groups is 2. The molecule has 0 saturated heterocycles. The Labute approximate surface area is 208 Å². The molecule has 4 aromatic rings. The summed E-state index contributed by atoms with van der Waals surface area (Å²) in [6, 6.07) is 24.1. The zero-order valence-electron chi connectivity index (χ0n) is 19.5. The standard InChI is InChI=1S/C29H25FN2O4/c30-24-8-3-5-21(15-24)19-36-25-12-10-20(11-13-25)17-31-28(33)26-16-22-6-1-2-7-23(22)18-32(26)29(34)27-9-4-14-35-27/h1-15,26H,16-19H2,(H,31,33). The minimum Gasteiger partial charge on any atom is -0.489 e. The van der Waals surface area contributed by atoms with Gasteiger partial charge in [0.05, 0.1) is 6.26 Å². The molecule has 36 heavy (non-hydrogen) atoms. The summed E-state index contributed by atoms with van der Waals surface area (Å²) < 4.78 is 24.4. The van der Waals surface area contributed by atoms with Gasteiger partial charge in [0, 0.05) is 19.5 Å². The maximum absolute atomic E-state index is 13.3. The average molecular weight is 485 g/mol. The van der Waals surface area contributed by atoms with E-state index in [1.165, 1.54) is 18.4 Å². The summed E-state index contributed by atoms with van der Waals surface area (Å²) in [5, 5.41) is 2.97. The van der Waals surface area contributed by atoms with Gasteiger partial charge in [-0.05, 0) is 58.7 Å². The Hall–Kier alpha value is -4.39. The summed E-state index contributed by atoms with van der Waals surface area (Å²) in [5.41, 5.74) is 3.71. The van der Waals surface area contributed by atoms with Gasteiger partial charge in [0.25, 0.3) is 5.91 Å². The molecule has 6 nitrogen and oxygen atoms in total. The van der Waals surface area contributed by atoms with Gasteiger partial charge in [-0.25, -0.2) is 4.39 Å². The molecule has 0 spiro atoms. The number of furan rings is 1. The van der Waals surface area contributed by atoms with Crippen molar-refractivity contribution in [1.82, 2.24) is 10.2 Å². The molecule has 1 unspecified atom stereocenters. The first-order valence-electron chi connectivity index (χ1n) is 11.7. The summed E-state index contributed by atoms with van der Waals surface area (Å²) in [7, 11) is 0. The fraction of sp³-hybridized carbons (Fsp3) is 0.172. The van der Waals surface area contributed by atoms with Crippen LogP contribution in [0.2, 0.25) is 0 Å². The minimum absolute atomic E-state index is 0.209. The fourth-order valence-electron chi connectivity index (χ4n) is 4.32. The highest BCUT2D eigenvalue weighted by molar-refractivity contribution is 5.96. The molecule has 0 radical (unpaired) electrons. The average Bonchev–Trinajstić information content (AvgIpc) is 3.45. The summed E-state index contributed by atoms with van der Waals surface area (Å²) in [5.74, 6) is 0.0211. The first-order chi connectivity index (χ1) is 17.6. The molecule has 182 valence electrons. The van der Waals surface area contributed by atoms with Crippen molar-refractivity contribution in [1.29, 1.82) is 0 Å². The number of nitrogens with one attached hydrogen (secondary N) is 1. The topological polar surface area (TPSA) is 71.8 Å². The number of rotatable bonds is 7. The molecule has 1 aromatic heterocycles. The van der Waals surface area contributed by atoms with Crippen molar-refractivity contribution >= 4 is 11.8 Å². The molecular formula is C29H25FN2O4. The van der Waals surface area contributed by atoms with Crippen molar-refractivity contribution in [2.24, 2.45) is 0 Å². The summed E-state index contributed by atoms with van der Waals surface area (Å²) in [6.45, 7) is 0.908. The zero-order chi connectivity index (χ0) is 24.9. The Morgan fingerprint density at radius 2 is 1.75 bits per heavy atom. The van der Waals surface area contributed by atoms with Crippen LogP contribution in [0.1, 0.15) is 32.8 Å². The van der Waals surface area contributed by atoms with E-state index in [1.54, 1.807) is 29.2 Å². The number of hydrogen-bond donors (Lipinski definition) is 1. The first kappa shape index (κ1) is 23.4. The lowest BCUT2D eigenvalue weighted by atomic mass is 9.93. The maximum atomic E-state index is 13.3. The quantitative estimate of drug-likeness (QED) is 0.406. The lowest BCUT2D eigenvalue weighted by Gasteiger charge is -2.35. The molecule has 1 aliphatic rings. The van der Waals surface area contributed by atoms with Crippen LogP contribution in [0.25, 0.3) is 0 Å². The van der Waals surface area contributed by atoms with Gasteiger partial charge < -0.3 is 19.4 Å². The van der Waals surface area contributed by atoms with Gasteiger partial charge in [-0.1, -0.05) is 48.5 Å². The van der Waals surface area contributed by atoms with Crippen molar-refractivity contribution in [3.8, 4) is 5.75 Å². The Kier molecular flexibility index (Phi) is 6.80. The van der Waals surface area contributed by atoms with Crippen molar-refractivity contribution in [3.05, 3.63) is 125 Å². The number of nitrogens with zero attached hydrogens (tertiary/aromatic N) is 1. The molecule has 0 saturated carbocycles. The smallest absolute Gasteiger partial charge is 0.290 e. The number of halogens is 1. The van der Waals surface area contributed by atoms with E-state index in [4.69, 9.17) is 9.15 Å². The Bertz CT molecular complexity index is 1350. The van der Waals surface area contributed by atoms with E-state index in [-0.39, 0.29) is 30.0 Å². The predicted octanol–water partition coefficient (Wildman–Crippen LogP) is 4.88. The van der Waals surface area contributed by atoms with E-state index < -0.39 is 6.04 Å². The van der Waals surface area contributed by atoms with Gasteiger partial charge in [-0.3, -0.25) is 9.59 Å². The monoisotopic (exact) mass is 484 g/mol. The van der Waals surface area contributed by atoms with Crippen molar-refractivity contribution in [3.63, 3.8) is 0 Å². The van der Waals surface area contributed by atoms with E-state index in [9.17, 15) is 14.0 Å². The molecule has 5 rings (SSSR count). The Morgan fingerprint density at radius 3 is 2.50 bits per heavy atom. The van der Waals surface area contributed by atoms with Crippen LogP contribution >= 0.6 is 0 Å². The van der Waals surface area contributed by atoms with Crippen LogP contribution in [-0.2, 0) is 30.9 Å². The van der Waals surface area contributed by atoms with Crippen molar-refractivity contribution in [2.45, 2.75) is 32.2 Å². The molecule has 2 heterocycles. The van der Waals surface area contributed by atoms with Gasteiger partial charge in [0.15, 0.2) is 5.76 Å². The second-order valence-corrected chi connectivity index (χ2v) is 8.68. The number of hydrogen-bond acceptors (Lipinski definition) is 4. The SMILES string of the molecule is O=C(NCc1ccc(OCc2cccc(F)c2)cc1)C1Cc2ccccc2CN1C(=O)c1ccco1. The van der Waals surface area contributed by atoms with Gasteiger partial charge in [-0.2, -0.15) is 0 Å². The molecule has 1 atom stereocenters. The normalized spacial score (nSPS) is 14.7. The van der Waals surface area contributed by atoms with E-state index in [0.29, 0.717) is 25.3 Å². The van der Waals surface area contributed by atoms with Crippen LogP contribution in [0.4, 0.5) is 4.39 Å². The molecule has 2 amide bonds. The fourth-order valence-corrected chi connectivity index (χ4v) is 4.32. The first-order valence-corrected chi connectivity index (χ1v) is 11.7. The molecule has 7 heteroatoms. The van der Waals surface area contributed by atoms with Crippen LogP contribution in [0, 0.1) is 5.82 Å². The Balaban J connectivity index is 1.22. The third-order valence-electron chi connectivity index (χ3n) is 6.23. The van der Waals surface area contributed by atoms with Crippen LogP contribution < -0.4 is 10.1 Å². The van der Waals surface area contributed by atoms with Crippen LogP contribution in [0.5, 0.6) is 5.75 Å². The highest BCUT2D eigenvalue weighted by Gasteiger charge is 2.35. The summed E-state index contributed by atoms with van der Waals surface area (Å²) in [4.78, 5) is 27.9. The molecule has 1 N–H and O–H groups in total. The van der Waals surface area contributed by atoms with Crippen molar-refractivity contribution < 1.29 is 23.1 Å². The molecule has 0 aliphatic carbocycles. The number of ether oxygens (including phenoxy) is 1. The van der Waals surface area contributed by atoms with E-state index in [2.05, 4.69) is 5.32 Å². The Morgan fingerprint density at radius 1 is 0.944 bits per heavy atom. The predicted molar refractivity (Wildman–Crippen MR) is 132 cm³/mol. The molecule has 1 aliphatic heterocycles. The van der Waals surface area contributed by atoms with Crippen molar-refractivity contribution in [2.75, 3.05) is 0 Å². The van der Waals surface area contributed by atoms with Gasteiger partial charge in [0.1, 0.15) is 24.2 Å². The van der Waals surface area contributed by atoms with Gasteiger partial charge in [0.2, 0.25) is 5.91 Å². The summed E-state index contributed by atoms with van der Waals surface area (Å²) >= 11 is 0. The second kappa shape index (κ2) is 10.5. The summed E-state index contributed by atoms with van der Waals surface area (Å²) in [6.07, 6.45) is 1.88. The van der Waals surface area contributed by atoms with Crippen LogP contribution in [-0.4, -0.2) is 22.8 Å². The van der Waals surface area contributed by atoms with E-state index in [0.717, 1.165) is 22.3 Å². The minimum atomic E-state index is -0.647. The van der Waals surface area contributed by atoms with Gasteiger partial charge in [-0.15, -0.1) is 0 Å². The van der Waals surface area contributed by atoms with Gasteiger partial charge >= 0.3 is 0 Å². The molecule has 3 aromatic carbocycles. The van der Waals surface area contributed by atoms with E-state index >= 15 is 0 Å². The number of benzene rings is 3. The third-order valence-corrected chi connectivity index (χ3v) is 6.23. The van der Waals surface area contributed by atoms with Crippen LogP contribution in [0.3, 0.4) is 0 Å². The van der Waals surface area contributed by atoms with Crippen LogP contribution in [0.15, 0.2) is 95.6 Å². The second-order valence-electron chi connectivity index (χ2n) is 8.68. The number of carbonyl (C=O) groups excluding carboxylic acids is 2. The highest BCUT2D eigenvalue weighted by atomic mass is 19.1. The molecule has 0 bridgehead atoms.